The maximum Gasteiger partial charge on any atom is 0.255 e. The molecule has 0 atom stereocenters. The van der Waals surface area contributed by atoms with Crippen LogP contribution < -0.4 is 19.5 Å². The van der Waals surface area contributed by atoms with Crippen molar-refractivity contribution in [2.45, 2.75) is 27.2 Å². The third-order valence-electron chi connectivity index (χ3n) is 4.28. The van der Waals surface area contributed by atoms with E-state index in [0.717, 1.165) is 17.7 Å². The molecule has 5 nitrogen and oxygen atoms in total. The van der Waals surface area contributed by atoms with Gasteiger partial charge >= 0.3 is 0 Å². The molecular weight excluding hydrogens is 330 g/mol. The molecule has 5 heteroatoms. The number of benzene rings is 2. The molecule has 2 aromatic rings. The second-order valence-electron chi connectivity index (χ2n) is 6.23. The van der Waals surface area contributed by atoms with E-state index >= 15 is 0 Å². The minimum absolute atomic E-state index is 0.174. The number of aryl methyl sites for hydroxylation is 2. The highest BCUT2D eigenvalue weighted by molar-refractivity contribution is 5.97. The molecule has 0 heterocycles. The predicted molar refractivity (Wildman–Crippen MR) is 103 cm³/mol. The summed E-state index contributed by atoms with van der Waals surface area (Å²) in [5.74, 6) is 1.87. The van der Waals surface area contributed by atoms with Crippen molar-refractivity contribution in [1.82, 2.24) is 5.32 Å². The van der Waals surface area contributed by atoms with E-state index in [1.165, 1.54) is 18.2 Å². The van der Waals surface area contributed by atoms with E-state index in [9.17, 15) is 4.79 Å². The monoisotopic (exact) mass is 357 g/mol. The van der Waals surface area contributed by atoms with Crippen LogP contribution in [-0.4, -0.2) is 33.3 Å². The first kappa shape index (κ1) is 19.6. The first-order valence-corrected chi connectivity index (χ1v) is 8.67. The van der Waals surface area contributed by atoms with Gasteiger partial charge in [-0.2, -0.15) is 0 Å². The Kier molecular flexibility index (Phi) is 6.89. The SMILES string of the molecule is COc1ccc(C(=O)NCCCOc2cc(C)cc(C)c2C)c(OC)c1. The van der Waals surface area contributed by atoms with Crippen molar-refractivity contribution in [3.05, 3.63) is 52.6 Å². The fourth-order valence-corrected chi connectivity index (χ4v) is 2.69. The zero-order valence-electron chi connectivity index (χ0n) is 16.1. The van der Waals surface area contributed by atoms with Crippen LogP contribution in [0.3, 0.4) is 0 Å². The molecule has 0 aliphatic carbocycles. The molecule has 0 aliphatic rings. The molecule has 0 spiro atoms. The summed E-state index contributed by atoms with van der Waals surface area (Å²) < 4.78 is 16.3. The van der Waals surface area contributed by atoms with Gasteiger partial charge in [0, 0.05) is 12.6 Å². The van der Waals surface area contributed by atoms with Crippen molar-refractivity contribution in [2.24, 2.45) is 0 Å². The highest BCUT2D eigenvalue weighted by atomic mass is 16.5. The minimum Gasteiger partial charge on any atom is -0.497 e. The van der Waals surface area contributed by atoms with Crippen LogP contribution in [-0.2, 0) is 0 Å². The Hall–Kier alpha value is -2.69. The van der Waals surface area contributed by atoms with E-state index < -0.39 is 0 Å². The molecule has 0 radical (unpaired) electrons. The smallest absolute Gasteiger partial charge is 0.255 e. The lowest BCUT2D eigenvalue weighted by molar-refractivity contribution is 0.0948. The van der Waals surface area contributed by atoms with Gasteiger partial charge < -0.3 is 19.5 Å². The van der Waals surface area contributed by atoms with Crippen LogP contribution in [0.1, 0.15) is 33.5 Å². The molecular formula is C21H27NO4. The summed E-state index contributed by atoms with van der Waals surface area (Å²) in [4.78, 5) is 12.3. The van der Waals surface area contributed by atoms with Gasteiger partial charge in [-0.15, -0.1) is 0 Å². The number of amides is 1. The highest BCUT2D eigenvalue weighted by Crippen LogP contribution is 2.25. The molecule has 0 saturated carbocycles. The number of rotatable bonds is 8. The predicted octanol–water partition coefficient (Wildman–Crippen LogP) is 3.83. The molecule has 26 heavy (non-hydrogen) atoms. The molecule has 0 unspecified atom stereocenters. The van der Waals surface area contributed by atoms with E-state index in [-0.39, 0.29) is 5.91 Å². The van der Waals surface area contributed by atoms with Crippen molar-refractivity contribution >= 4 is 5.91 Å². The molecule has 0 aliphatic heterocycles. The van der Waals surface area contributed by atoms with Gasteiger partial charge in [0.05, 0.1) is 26.4 Å². The third-order valence-corrected chi connectivity index (χ3v) is 4.28. The Morgan fingerprint density at radius 2 is 1.77 bits per heavy atom. The zero-order chi connectivity index (χ0) is 19.1. The van der Waals surface area contributed by atoms with Gasteiger partial charge in [0.25, 0.3) is 5.91 Å². The average molecular weight is 357 g/mol. The summed E-state index contributed by atoms with van der Waals surface area (Å²) in [5, 5.41) is 2.90. The maximum atomic E-state index is 12.3. The fraction of sp³-hybridized carbons (Fsp3) is 0.381. The summed E-state index contributed by atoms with van der Waals surface area (Å²) in [6, 6.07) is 9.32. The average Bonchev–Trinajstić information content (AvgIpc) is 2.64. The lowest BCUT2D eigenvalue weighted by Crippen LogP contribution is -2.26. The van der Waals surface area contributed by atoms with Gasteiger partial charge in [0.15, 0.2) is 0 Å². The van der Waals surface area contributed by atoms with Crippen LogP contribution >= 0.6 is 0 Å². The maximum absolute atomic E-state index is 12.3. The Balaban J connectivity index is 1.84. The second-order valence-corrected chi connectivity index (χ2v) is 6.23. The molecule has 0 saturated heterocycles. The van der Waals surface area contributed by atoms with Crippen LogP contribution in [0.15, 0.2) is 30.3 Å². The van der Waals surface area contributed by atoms with Gasteiger partial charge in [-0.1, -0.05) is 6.07 Å². The van der Waals surface area contributed by atoms with Gasteiger partial charge in [0.2, 0.25) is 0 Å². The zero-order valence-corrected chi connectivity index (χ0v) is 16.1. The van der Waals surface area contributed by atoms with Crippen molar-refractivity contribution in [3.8, 4) is 17.2 Å². The van der Waals surface area contributed by atoms with Gasteiger partial charge in [-0.05, 0) is 62.1 Å². The van der Waals surface area contributed by atoms with Crippen LogP contribution in [0.5, 0.6) is 17.2 Å². The van der Waals surface area contributed by atoms with Gasteiger partial charge in [-0.3, -0.25) is 4.79 Å². The molecule has 140 valence electrons. The molecule has 1 N–H and O–H groups in total. The molecule has 0 aromatic heterocycles. The van der Waals surface area contributed by atoms with Crippen LogP contribution in [0.25, 0.3) is 0 Å². The Morgan fingerprint density at radius 3 is 2.46 bits per heavy atom. The largest absolute Gasteiger partial charge is 0.497 e. The Labute approximate surface area is 155 Å². The normalized spacial score (nSPS) is 10.3. The topological polar surface area (TPSA) is 56.8 Å². The number of carbonyl (C=O) groups is 1. The summed E-state index contributed by atoms with van der Waals surface area (Å²) in [6.07, 6.45) is 0.719. The lowest BCUT2D eigenvalue weighted by atomic mass is 10.1. The summed E-state index contributed by atoms with van der Waals surface area (Å²) in [6.45, 7) is 7.27. The van der Waals surface area contributed by atoms with Gasteiger partial charge in [-0.25, -0.2) is 0 Å². The first-order chi connectivity index (χ1) is 12.5. The van der Waals surface area contributed by atoms with E-state index in [2.05, 4.69) is 32.2 Å². The number of hydrogen-bond donors (Lipinski definition) is 1. The van der Waals surface area contributed by atoms with Crippen molar-refractivity contribution in [2.75, 3.05) is 27.4 Å². The summed E-state index contributed by atoms with van der Waals surface area (Å²) >= 11 is 0. The first-order valence-electron chi connectivity index (χ1n) is 8.67. The molecule has 2 aromatic carbocycles. The number of carbonyl (C=O) groups excluding carboxylic acids is 1. The lowest BCUT2D eigenvalue weighted by Gasteiger charge is -2.13. The van der Waals surface area contributed by atoms with E-state index in [0.29, 0.717) is 30.2 Å². The minimum atomic E-state index is -0.174. The van der Waals surface area contributed by atoms with E-state index in [4.69, 9.17) is 14.2 Å². The summed E-state index contributed by atoms with van der Waals surface area (Å²) in [5.41, 5.74) is 4.05. The Bertz CT molecular complexity index is 771. The second kappa shape index (κ2) is 9.13. The standard InChI is InChI=1S/C21H27NO4/c1-14-11-15(2)16(3)19(12-14)26-10-6-9-22-21(23)18-8-7-17(24-4)13-20(18)25-5/h7-8,11-13H,6,9-10H2,1-5H3,(H,22,23). The molecule has 0 bridgehead atoms. The van der Waals surface area contributed by atoms with Crippen LogP contribution in [0.2, 0.25) is 0 Å². The van der Waals surface area contributed by atoms with E-state index in [1.807, 2.05) is 6.07 Å². The number of hydrogen-bond acceptors (Lipinski definition) is 4. The fourth-order valence-electron chi connectivity index (χ4n) is 2.69. The number of methoxy groups -OCH3 is 2. The quantitative estimate of drug-likeness (QED) is 0.730. The summed E-state index contributed by atoms with van der Waals surface area (Å²) in [7, 11) is 3.11. The van der Waals surface area contributed by atoms with Gasteiger partial charge in [0.1, 0.15) is 17.2 Å². The number of nitrogens with one attached hydrogen (secondary N) is 1. The Morgan fingerprint density at radius 1 is 1.00 bits per heavy atom. The highest BCUT2D eigenvalue weighted by Gasteiger charge is 2.12. The molecule has 0 fully saturated rings. The third kappa shape index (κ3) is 4.91. The number of ether oxygens (including phenoxy) is 3. The van der Waals surface area contributed by atoms with E-state index in [1.54, 1.807) is 25.3 Å². The van der Waals surface area contributed by atoms with Crippen molar-refractivity contribution in [1.29, 1.82) is 0 Å². The van der Waals surface area contributed by atoms with Crippen molar-refractivity contribution < 1.29 is 19.0 Å². The van der Waals surface area contributed by atoms with Crippen LogP contribution in [0.4, 0.5) is 0 Å². The molecule has 1 amide bonds. The van der Waals surface area contributed by atoms with Crippen molar-refractivity contribution in [3.63, 3.8) is 0 Å². The van der Waals surface area contributed by atoms with Crippen LogP contribution in [0, 0.1) is 20.8 Å². The molecule has 2 rings (SSSR count).